The summed E-state index contributed by atoms with van der Waals surface area (Å²) in [5, 5.41) is 0. The van der Waals surface area contributed by atoms with Gasteiger partial charge in [0.2, 0.25) is 0 Å². The van der Waals surface area contributed by atoms with Gasteiger partial charge in [-0.3, -0.25) is 9.88 Å². The van der Waals surface area contributed by atoms with Gasteiger partial charge in [-0.05, 0) is 25.0 Å². The quantitative estimate of drug-likeness (QED) is 0.788. The van der Waals surface area contributed by atoms with Gasteiger partial charge in [-0.15, -0.1) is 0 Å². The molecule has 2 rings (SSSR count). The Kier molecular flexibility index (Phi) is 3.03. The first-order chi connectivity index (χ1) is 7.15. The molecule has 1 fully saturated rings. The van der Waals surface area contributed by atoms with E-state index < -0.39 is 0 Å². The number of hydrogen-bond donors (Lipinski definition) is 1. The maximum absolute atomic E-state index is 5.99. The van der Waals surface area contributed by atoms with E-state index in [2.05, 4.69) is 28.9 Å². The first kappa shape index (κ1) is 10.6. The topological polar surface area (TPSA) is 42.1 Å². The number of nitrogens with two attached hydrogens (primary N) is 1. The molecule has 0 spiro atoms. The summed E-state index contributed by atoms with van der Waals surface area (Å²) in [6, 6.07) is 6.51. The molecule has 0 saturated carbocycles. The van der Waals surface area contributed by atoms with Crippen LogP contribution in [0, 0.1) is 12.8 Å². The van der Waals surface area contributed by atoms with Crippen molar-refractivity contribution in [1.29, 1.82) is 0 Å². The number of rotatable bonds is 2. The van der Waals surface area contributed by atoms with Crippen LogP contribution in [-0.4, -0.2) is 29.0 Å². The second-order valence-corrected chi connectivity index (χ2v) is 4.61. The molecule has 0 aliphatic carbocycles. The largest absolute Gasteiger partial charge is 0.326 e. The van der Waals surface area contributed by atoms with Crippen LogP contribution in [0.2, 0.25) is 0 Å². The van der Waals surface area contributed by atoms with Crippen molar-refractivity contribution in [3.8, 4) is 0 Å². The van der Waals surface area contributed by atoms with Gasteiger partial charge in [-0.2, -0.15) is 0 Å². The summed E-state index contributed by atoms with van der Waals surface area (Å²) < 4.78 is 0. The van der Waals surface area contributed by atoms with E-state index in [1.54, 1.807) is 0 Å². The maximum Gasteiger partial charge on any atom is 0.0547 e. The molecule has 0 aromatic carbocycles. The number of aromatic nitrogens is 1. The average Bonchev–Trinajstić information content (AvgIpc) is 2.45. The molecule has 1 aliphatic rings. The number of hydrogen-bond acceptors (Lipinski definition) is 3. The molecular formula is C12H19N3. The fraction of sp³-hybridized carbons (Fsp3) is 0.583. The van der Waals surface area contributed by atoms with Crippen LogP contribution >= 0.6 is 0 Å². The first-order valence-electron chi connectivity index (χ1n) is 5.55. The molecule has 2 atom stereocenters. The van der Waals surface area contributed by atoms with Gasteiger partial charge in [0.05, 0.1) is 5.69 Å². The fourth-order valence-electron chi connectivity index (χ4n) is 2.14. The standard InChI is InChI=1S/C12H19N3/c1-9-6-15(8-12(9)13)7-11-5-3-4-10(2)14-11/h3-5,9,12H,6-8,13H2,1-2H3. The Bertz CT molecular complexity index is 327. The van der Waals surface area contributed by atoms with Crippen molar-refractivity contribution in [2.45, 2.75) is 26.4 Å². The van der Waals surface area contributed by atoms with E-state index in [1.165, 1.54) is 0 Å². The van der Waals surface area contributed by atoms with Crippen LogP contribution in [0.15, 0.2) is 18.2 Å². The molecule has 0 radical (unpaired) electrons. The summed E-state index contributed by atoms with van der Waals surface area (Å²) in [6.07, 6.45) is 0. The van der Waals surface area contributed by atoms with Crippen molar-refractivity contribution in [2.75, 3.05) is 13.1 Å². The third-order valence-electron chi connectivity index (χ3n) is 3.08. The number of pyridine rings is 1. The lowest BCUT2D eigenvalue weighted by Gasteiger charge is -2.14. The Labute approximate surface area is 91.3 Å². The van der Waals surface area contributed by atoms with Crippen LogP contribution in [-0.2, 0) is 6.54 Å². The lowest BCUT2D eigenvalue weighted by atomic mass is 10.1. The van der Waals surface area contributed by atoms with Crippen LogP contribution in [0.3, 0.4) is 0 Å². The molecule has 0 bridgehead atoms. The molecule has 82 valence electrons. The summed E-state index contributed by atoms with van der Waals surface area (Å²) in [6.45, 7) is 7.27. The van der Waals surface area contributed by atoms with Crippen molar-refractivity contribution < 1.29 is 0 Å². The van der Waals surface area contributed by atoms with Gasteiger partial charge in [0.25, 0.3) is 0 Å². The highest BCUT2D eigenvalue weighted by molar-refractivity contribution is 5.10. The van der Waals surface area contributed by atoms with Crippen molar-refractivity contribution in [3.63, 3.8) is 0 Å². The van der Waals surface area contributed by atoms with Crippen LogP contribution < -0.4 is 5.73 Å². The predicted molar refractivity (Wildman–Crippen MR) is 61.4 cm³/mol. The molecule has 2 N–H and O–H groups in total. The van der Waals surface area contributed by atoms with Gasteiger partial charge in [0.1, 0.15) is 0 Å². The highest BCUT2D eigenvalue weighted by Gasteiger charge is 2.26. The van der Waals surface area contributed by atoms with Gasteiger partial charge in [0.15, 0.2) is 0 Å². The molecule has 2 unspecified atom stereocenters. The van der Waals surface area contributed by atoms with E-state index in [4.69, 9.17) is 5.73 Å². The van der Waals surface area contributed by atoms with Gasteiger partial charge >= 0.3 is 0 Å². The molecular weight excluding hydrogens is 186 g/mol. The number of likely N-dealkylation sites (tertiary alicyclic amines) is 1. The fourth-order valence-corrected chi connectivity index (χ4v) is 2.14. The SMILES string of the molecule is Cc1cccc(CN2CC(C)C(N)C2)n1. The average molecular weight is 205 g/mol. The van der Waals surface area contributed by atoms with Crippen LogP contribution in [0.4, 0.5) is 0 Å². The third-order valence-corrected chi connectivity index (χ3v) is 3.08. The zero-order valence-corrected chi connectivity index (χ0v) is 9.48. The molecule has 15 heavy (non-hydrogen) atoms. The lowest BCUT2D eigenvalue weighted by Crippen LogP contribution is -2.28. The summed E-state index contributed by atoms with van der Waals surface area (Å²) in [5.74, 6) is 0.606. The normalized spacial score (nSPS) is 27.1. The highest BCUT2D eigenvalue weighted by Crippen LogP contribution is 2.16. The smallest absolute Gasteiger partial charge is 0.0547 e. The Morgan fingerprint density at radius 3 is 2.87 bits per heavy atom. The molecule has 3 heteroatoms. The van der Waals surface area contributed by atoms with E-state index in [0.29, 0.717) is 12.0 Å². The monoisotopic (exact) mass is 205 g/mol. The first-order valence-corrected chi connectivity index (χ1v) is 5.55. The van der Waals surface area contributed by atoms with E-state index in [1.807, 2.05) is 13.0 Å². The zero-order chi connectivity index (χ0) is 10.8. The Morgan fingerprint density at radius 1 is 1.47 bits per heavy atom. The zero-order valence-electron chi connectivity index (χ0n) is 9.48. The van der Waals surface area contributed by atoms with Crippen LogP contribution in [0.1, 0.15) is 18.3 Å². The molecule has 2 heterocycles. The molecule has 1 aromatic rings. The second kappa shape index (κ2) is 4.29. The summed E-state index contributed by atoms with van der Waals surface area (Å²) in [5.41, 5.74) is 8.23. The predicted octanol–water partition coefficient (Wildman–Crippen LogP) is 1.17. The van der Waals surface area contributed by atoms with Crippen molar-refractivity contribution in [2.24, 2.45) is 11.7 Å². The second-order valence-electron chi connectivity index (χ2n) is 4.61. The lowest BCUT2D eigenvalue weighted by molar-refractivity contribution is 0.315. The molecule has 1 saturated heterocycles. The Balaban J connectivity index is 1.98. The van der Waals surface area contributed by atoms with Gasteiger partial charge in [0, 0.05) is 31.4 Å². The molecule has 0 amide bonds. The van der Waals surface area contributed by atoms with E-state index >= 15 is 0 Å². The highest BCUT2D eigenvalue weighted by atomic mass is 15.2. The Hall–Kier alpha value is -0.930. The molecule has 3 nitrogen and oxygen atoms in total. The van der Waals surface area contributed by atoms with Crippen molar-refractivity contribution in [3.05, 3.63) is 29.6 Å². The minimum atomic E-state index is 0.329. The van der Waals surface area contributed by atoms with E-state index in [0.717, 1.165) is 31.0 Å². The number of nitrogens with zero attached hydrogens (tertiary/aromatic N) is 2. The Morgan fingerprint density at radius 2 is 2.27 bits per heavy atom. The minimum absolute atomic E-state index is 0.329. The van der Waals surface area contributed by atoms with E-state index in [9.17, 15) is 0 Å². The van der Waals surface area contributed by atoms with E-state index in [-0.39, 0.29) is 0 Å². The van der Waals surface area contributed by atoms with Crippen LogP contribution in [0.5, 0.6) is 0 Å². The molecule has 1 aromatic heterocycles. The van der Waals surface area contributed by atoms with Gasteiger partial charge < -0.3 is 5.73 Å². The van der Waals surface area contributed by atoms with Crippen molar-refractivity contribution in [1.82, 2.24) is 9.88 Å². The number of aryl methyl sites for hydroxylation is 1. The van der Waals surface area contributed by atoms with Gasteiger partial charge in [-0.25, -0.2) is 0 Å². The maximum atomic E-state index is 5.99. The summed E-state index contributed by atoms with van der Waals surface area (Å²) in [4.78, 5) is 6.89. The summed E-state index contributed by atoms with van der Waals surface area (Å²) >= 11 is 0. The van der Waals surface area contributed by atoms with Crippen LogP contribution in [0.25, 0.3) is 0 Å². The molecule has 1 aliphatic heterocycles. The van der Waals surface area contributed by atoms with Crippen molar-refractivity contribution >= 4 is 0 Å². The summed E-state index contributed by atoms with van der Waals surface area (Å²) in [7, 11) is 0. The third kappa shape index (κ3) is 2.55. The van der Waals surface area contributed by atoms with Gasteiger partial charge in [-0.1, -0.05) is 13.0 Å². The minimum Gasteiger partial charge on any atom is -0.326 e.